The maximum absolute atomic E-state index is 13.0. The Kier molecular flexibility index (Phi) is 3.81. The van der Waals surface area contributed by atoms with Crippen molar-refractivity contribution in [2.24, 2.45) is 5.73 Å². The van der Waals surface area contributed by atoms with Gasteiger partial charge in [0.05, 0.1) is 12.7 Å². The Morgan fingerprint density at radius 3 is 2.84 bits per heavy atom. The molecule has 2 rings (SSSR count). The van der Waals surface area contributed by atoms with Gasteiger partial charge in [0.15, 0.2) is 17.3 Å². The number of rotatable bonds is 4. The van der Waals surface area contributed by atoms with Crippen molar-refractivity contribution >= 4 is 11.6 Å². The number of nitrogens with two attached hydrogens (primary N) is 1. The van der Waals surface area contributed by atoms with Crippen molar-refractivity contribution in [3.05, 3.63) is 41.7 Å². The molecule has 2 aromatic rings. The van der Waals surface area contributed by atoms with Gasteiger partial charge in [0.1, 0.15) is 0 Å². The minimum Gasteiger partial charge on any atom is -0.329 e. The summed E-state index contributed by atoms with van der Waals surface area (Å²) in [6, 6.07) is 3.06. The second-order valence-corrected chi connectivity index (χ2v) is 3.74. The van der Waals surface area contributed by atoms with Crippen LogP contribution in [0.15, 0.2) is 24.4 Å². The Morgan fingerprint density at radius 1 is 1.37 bits per heavy atom. The molecule has 0 radical (unpaired) electrons. The normalized spacial score (nSPS) is 10.5. The molecular formula is C11H11F2N5O. The van der Waals surface area contributed by atoms with E-state index in [4.69, 9.17) is 5.73 Å². The molecule has 1 aromatic carbocycles. The standard InChI is InChI=1S/C11H11F2N5O/c12-8-2-1-7(5-9(8)13)15-11(19)10-6-18(4-3-14)17-16-10/h1-2,5-6H,3-4,14H2,(H,15,19). The van der Waals surface area contributed by atoms with E-state index in [-0.39, 0.29) is 11.4 Å². The van der Waals surface area contributed by atoms with Gasteiger partial charge in [-0.05, 0) is 12.1 Å². The third kappa shape index (κ3) is 3.10. The van der Waals surface area contributed by atoms with E-state index >= 15 is 0 Å². The molecule has 1 heterocycles. The molecule has 0 spiro atoms. The summed E-state index contributed by atoms with van der Waals surface area (Å²) in [5.41, 5.74) is 5.54. The van der Waals surface area contributed by atoms with Crippen LogP contribution in [0.3, 0.4) is 0 Å². The van der Waals surface area contributed by atoms with E-state index in [1.807, 2.05) is 0 Å². The highest BCUT2D eigenvalue weighted by Gasteiger charge is 2.12. The molecule has 0 saturated heterocycles. The second-order valence-electron chi connectivity index (χ2n) is 3.74. The number of carbonyl (C=O) groups is 1. The van der Waals surface area contributed by atoms with Gasteiger partial charge in [0.2, 0.25) is 0 Å². The monoisotopic (exact) mass is 267 g/mol. The summed E-state index contributed by atoms with van der Waals surface area (Å²) in [4.78, 5) is 11.8. The van der Waals surface area contributed by atoms with E-state index in [2.05, 4.69) is 15.6 Å². The number of benzene rings is 1. The third-order valence-corrected chi connectivity index (χ3v) is 2.31. The van der Waals surface area contributed by atoms with Gasteiger partial charge in [-0.2, -0.15) is 0 Å². The van der Waals surface area contributed by atoms with Crippen molar-refractivity contribution in [3.63, 3.8) is 0 Å². The molecule has 0 aliphatic heterocycles. The zero-order chi connectivity index (χ0) is 13.8. The Balaban J connectivity index is 2.09. The molecular weight excluding hydrogens is 256 g/mol. The van der Waals surface area contributed by atoms with Crippen LogP contribution in [-0.4, -0.2) is 27.4 Å². The maximum Gasteiger partial charge on any atom is 0.277 e. The number of amides is 1. The molecule has 0 unspecified atom stereocenters. The highest BCUT2D eigenvalue weighted by molar-refractivity contribution is 6.02. The fraction of sp³-hybridized carbons (Fsp3) is 0.182. The van der Waals surface area contributed by atoms with Gasteiger partial charge in [0, 0.05) is 18.3 Å². The van der Waals surface area contributed by atoms with Crippen LogP contribution in [0.2, 0.25) is 0 Å². The lowest BCUT2D eigenvalue weighted by molar-refractivity contribution is 0.102. The van der Waals surface area contributed by atoms with E-state index in [0.29, 0.717) is 13.1 Å². The van der Waals surface area contributed by atoms with Crippen molar-refractivity contribution in [1.82, 2.24) is 15.0 Å². The molecule has 1 aromatic heterocycles. The predicted octanol–water partition coefficient (Wildman–Crippen LogP) is 0.767. The summed E-state index contributed by atoms with van der Waals surface area (Å²) in [5.74, 6) is -2.58. The van der Waals surface area contributed by atoms with E-state index in [1.54, 1.807) is 0 Å². The van der Waals surface area contributed by atoms with Gasteiger partial charge < -0.3 is 11.1 Å². The second kappa shape index (κ2) is 5.53. The zero-order valence-corrected chi connectivity index (χ0v) is 9.81. The number of hydrogen-bond acceptors (Lipinski definition) is 4. The number of nitrogens with zero attached hydrogens (tertiary/aromatic N) is 3. The van der Waals surface area contributed by atoms with Gasteiger partial charge in [-0.3, -0.25) is 9.48 Å². The SMILES string of the molecule is NCCn1cc(C(=O)Nc2ccc(F)c(F)c2)nn1. The van der Waals surface area contributed by atoms with Crippen molar-refractivity contribution in [2.75, 3.05) is 11.9 Å². The summed E-state index contributed by atoms with van der Waals surface area (Å²) >= 11 is 0. The van der Waals surface area contributed by atoms with Crippen LogP contribution in [0.25, 0.3) is 0 Å². The lowest BCUT2D eigenvalue weighted by atomic mass is 10.3. The summed E-state index contributed by atoms with van der Waals surface area (Å²) in [6.45, 7) is 0.805. The smallest absolute Gasteiger partial charge is 0.277 e. The fourth-order valence-corrected chi connectivity index (χ4v) is 1.41. The van der Waals surface area contributed by atoms with Crippen molar-refractivity contribution in [2.45, 2.75) is 6.54 Å². The van der Waals surface area contributed by atoms with Crippen LogP contribution >= 0.6 is 0 Å². The average Bonchev–Trinajstić information content (AvgIpc) is 2.83. The predicted molar refractivity (Wildman–Crippen MR) is 63.4 cm³/mol. The zero-order valence-electron chi connectivity index (χ0n) is 9.81. The van der Waals surface area contributed by atoms with Crippen molar-refractivity contribution in [3.8, 4) is 0 Å². The van der Waals surface area contributed by atoms with Crippen LogP contribution in [0, 0.1) is 11.6 Å². The molecule has 0 aliphatic rings. The van der Waals surface area contributed by atoms with Crippen LogP contribution < -0.4 is 11.1 Å². The first-order chi connectivity index (χ1) is 9.10. The molecule has 0 fully saturated rings. The Hall–Kier alpha value is -2.35. The van der Waals surface area contributed by atoms with Crippen LogP contribution in [0.1, 0.15) is 10.5 Å². The first-order valence-corrected chi connectivity index (χ1v) is 5.47. The van der Waals surface area contributed by atoms with Gasteiger partial charge in [0.25, 0.3) is 5.91 Å². The number of aromatic nitrogens is 3. The van der Waals surface area contributed by atoms with E-state index in [1.165, 1.54) is 16.9 Å². The lowest BCUT2D eigenvalue weighted by Gasteiger charge is -2.02. The maximum atomic E-state index is 13.0. The van der Waals surface area contributed by atoms with Crippen molar-refractivity contribution < 1.29 is 13.6 Å². The Morgan fingerprint density at radius 2 is 2.16 bits per heavy atom. The summed E-state index contributed by atoms with van der Waals surface area (Å²) in [6.07, 6.45) is 1.42. The average molecular weight is 267 g/mol. The van der Waals surface area contributed by atoms with Crippen molar-refractivity contribution in [1.29, 1.82) is 0 Å². The third-order valence-electron chi connectivity index (χ3n) is 2.31. The Labute approximate surface area is 107 Å². The van der Waals surface area contributed by atoms with Gasteiger partial charge >= 0.3 is 0 Å². The summed E-state index contributed by atoms with van der Waals surface area (Å²) < 4.78 is 27.1. The molecule has 6 nitrogen and oxygen atoms in total. The minimum atomic E-state index is -1.04. The number of hydrogen-bond donors (Lipinski definition) is 2. The molecule has 1 amide bonds. The molecule has 0 bridgehead atoms. The first kappa shape index (κ1) is 13.1. The molecule has 0 atom stereocenters. The largest absolute Gasteiger partial charge is 0.329 e. The molecule has 100 valence electrons. The quantitative estimate of drug-likeness (QED) is 0.856. The van der Waals surface area contributed by atoms with Crippen LogP contribution in [0.5, 0.6) is 0 Å². The lowest BCUT2D eigenvalue weighted by Crippen LogP contribution is -2.13. The first-order valence-electron chi connectivity index (χ1n) is 5.47. The Bertz CT molecular complexity index is 599. The van der Waals surface area contributed by atoms with Gasteiger partial charge in [-0.1, -0.05) is 5.21 Å². The molecule has 8 heteroatoms. The fourth-order valence-electron chi connectivity index (χ4n) is 1.41. The molecule has 0 saturated carbocycles. The van der Waals surface area contributed by atoms with Gasteiger partial charge in [-0.25, -0.2) is 8.78 Å². The highest BCUT2D eigenvalue weighted by atomic mass is 19.2. The highest BCUT2D eigenvalue weighted by Crippen LogP contribution is 2.13. The van der Waals surface area contributed by atoms with E-state index in [0.717, 1.165) is 12.1 Å². The van der Waals surface area contributed by atoms with Gasteiger partial charge in [-0.15, -0.1) is 5.10 Å². The number of anilines is 1. The molecule has 3 N–H and O–H groups in total. The van der Waals surface area contributed by atoms with Crippen LogP contribution in [-0.2, 0) is 6.54 Å². The number of carbonyl (C=O) groups excluding carboxylic acids is 1. The summed E-state index contributed by atoms with van der Waals surface area (Å²) in [5, 5.41) is 9.73. The van der Waals surface area contributed by atoms with E-state index < -0.39 is 17.5 Å². The van der Waals surface area contributed by atoms with E-state index in [9.17, 15) is 13.6 Å². The topological polar surface area (TPSA) is 85.8 Å². The van der Waals surface area contributed by atoms with Crippen LogP contribution in [0.4, 0.5) is 14.5 Å². The number of nitrogens with one attached hydrogen (secondary N) is 1. The summed E-state index contributed by atoms with van der Waals surface area (Å²) in [7, 11) is 0. The molecule has 19 heavy (non-hydrogen) atoms. The molecule has 0 aliphatic carbocycles. The minimum absolute atomic E-state index is 0.0678. The number of halogens is 2.